The molecule has 2 heterocycles. The standard InChI is InChI=1S/C16H25N3O3/c1-21-14(22-2)12-18-16(20)13-8-7-9-17-15(13)19-10-5-3-4-6-11-19/h7-9,14H,3-6,10-12H2,1-2H3,(H,18,20). The van der Waals surface area contributed by atoms with Gasteiger partial charge in [-0.2, -0.15) is 0 Å². The third-order valence-electron chi connectivity index (χ3n) is 3.89. The first-order chi connectivity index (χ1) is 10.8. The van der Waals surface area contributed by atoms with Crippen LogP contribution in [0.4, 0.5) is 5.82 Å². The van der Waals surface area contributed by atoms with Gasteiger partial charge in [0.15, 0.2) is 6.29 Å². The minimum Gasteiger partial charge on any atom is -0.356 e. The normalized spacial score (nSPS) is 15.7. The molecule has 1 N–H and O–H groups in total. The molecule has 0 radical (unpaired) electrons. The molecule has 1 aliphatic heterocycles. The average molecular weight is 307 g/mol. The minimum absolute atomic E-state index is 0.147. The Morgan fingerprint density at radius 3 is 2.59 bits per heavy atom. The third kappa shape index (κ3) is 4.42. The molecule has 0 aromatic carbocycles. The quantitative estimate of drug-likeness (QED) is 0.812. The summed E-state index contributed by atoms with van der Waals surface area (Å²) in [5.41, 5.74) is 0.607. The Bertz CT molecular complexity index is 469. The highest BCUT2D eigenvalue weighted by molar-refractivity contribution is 5.98. The minimum atomic E-state index is -0.442. The summed E-state index contributed by atoms with van der Waals surface area (Å²) < 4.78 is 10.2. The van der Waals surface area contributed by atoms with Crippen molar-refractivity contribution in [3.05, 3.63) is 23.9 Å². The first kappa shape index (κ1) is 16.7. The van der Waals surface area contributed by atoms with E-state index in [2.05, 4.69) is 15.2 Å². The van der Waals surface area contributed by atoms with Gasteiger partial charge in [-0.05, 0) is 25.0 Å². The predicted octanol–water partition coefficient (Wildman–Crippen LogP) is 1.81. The van der Waals surface area contributed by atoms with E-state index in [1.54, 1.807) is 26.5 Å². The fourth-order valence-electron chi connectivity index (χ4n) is 2.64. The third-order valence-corrected chi connectivity index (χ3v) is 3.89. The van der Waals surface area contributed by atoms with Crippen molar-refractivity contribution < 1.29 is 14.3 Å². The lowest BCUT2D eigenvalue weighted by atomic mass is 10.2. The molecule has 1 aliphatic rings. The second-order valence-electron chi connectivity index (χ2n) is 5.39. The summed E-state index contributed by atoms with van der Waals surface area (Å²) >= 11 is 0. The summed E-state index contributed by atoms with van der Waals surface area (Å²) in [6.07, 6.45) is 6.08. The number of hydrogen-bond acceptors (Lipinski definition) is 5. The molecule has 1 amide bonds. The molecule has 6 nitrogen and oxygen atoms in total. The summed E-state index contributed by atoms with van der Waals surface area (Å²) in [5, 5.41) is 2.84. The lowest BCUT2D eigenvalue weighted by Gasteiger charge is -2.23. The Kier molecular flexibility index (Phi) is 6.61. The lowest BCUT2D eigenvalue weighted by Crippen LogP contribution is -2.35. The van der Waals surface area contributed by atoms with Crippen molar-refractivity contribution in [2.75, 3.05) is 38.8 Å². The zero-order valence-electron chi connectivity index (χ0n) is 13.4. The number of anilines is 1. The fraction of sp³-hybridized carbons (Fsp3) is 0.625. The highest BCUT2D eigenvalue weighted by Gasteiger charge is 2.19. The van der Waals surface area contributed by atoms with E-state index in [4.69, 9.17) is 9.47 Å². The van der Waals surface area contributed by atoms with Crippen molar-refractivity contribution in [2.24, 2.45) is 0 Å². The summed E-state index contributed by atoms with van der Waals surface area (Å²) in [4.78, 5) is 19.1. The molecule has 0 atom stereocenters. The Labute approximate surface area is 131 Å². The van der Waals surface area contributed by atoms with Crippen molar-refractivity contribution in [2.45, 2.75) is 32.0 Å². The van der Waals surface area contributed by atoms with Crippen LogP contribution in [0.2, 0.25) is 0 Å². The van der Waals surface area contributed by atoms with Crippen LogP contribution < -0.4 is 10.2 Å². The number of ether oxygens (including phenoxy) is 2. The first-order valence-electron chi connectivity index (χ1n) is 7.80. The number of nitrogens with one attached hydrogen (secondary N) is 1. The molecule has 1 aromatic rings. The van der Waals surface area contributed by atoms with E-state index in [1.165, 1.54) is 12.8 Å². The van der Waals surface area contributed by atoms with E-state index in [-0.39, 0.29) is 5.91 Å². The molecule has 0 aliphatic carbocycles. The van der Waals surface area contributed by atoms with Gasteiger partial charge in [-0.1, -0.05) is 12.8 Å². The molecule has 6 heteroatoms. The molecular weight excluding hydrogens is 282 g/mol. The fourth-order valence-corrected chi connectivity index (χ4v) is 2.64. The highest BCUT2D eigenvalue weighted by Crippen LogP contribution is 2.21. The van der Waals surface area contributed by atoms with Crippen molar-refractivity contribution in [3.63, 3.8) is 0 Å². The maximum Gasteiger partial charge on any atom is 0.255 e. The second-order valence-corrected chi connectivity index (χ2v) is 5.39. The number of amides is 1. The largest absolute Gasteiger partial charge is 0.356 e. The molecule has 1 saturated heterocycles. The van der Waals surface area contributed by atoms with Crippen molar-refractivity contribution in [1.29, 1.82) is 0 Å². The summed E-state index contributed by atoms with van der Waals surface area (Å²) in [7, 11) is 3.10. The van der Waals surface area contributed by atoms with Gasteiger partial charge < -0.3 is 19.7 Å². The number of aromatic nitrogens is 1. The Balaban J connectivity index is 2.08. The molecule has 0 spiro atoms. The molecule has 2 rings (SSSR count). The number of pyridine rings is 1. The van der Waals surface area contributed by atoms with Gasteiger partial charge in [-0.3, -0.25) is 4.79 Å². The lowest BCUT2D eigenvalue weighted by molar-refractivity contribution is -0.0974. The average Bonchev–Trinajstić information content (AvgIpc) is 2.85. The number of rotatable bonds is 6. The van der Waals surface area contributed by atoms with Crippen molar-refractivity contribution in [1.82, 2.24) is 10.3 Å². The van der Waals surface area contributed by atoms with E-state index in [1.807, 2.05) is 6.07 Å². The number of carbonyl (C=O) groups excluding carboxylic acids is 1. The number of nitrogens with zero attached hydrogens (tertiary/aromatic N) is 2. The van der Waals surface area contributed by atoms with Gasteiger partial charge in [-0.15, -0.1) is 0 Å². The van der Waals surface area contributed by atoms with Crippen LogP contribution in [0.1, 0.15) is 36.0 Å². The molecular formula is C16H25N3O3. The smallest absolute Gasteiger partial charge is 0.255 e. The Morgan fingerprint density at radius 2 is 1.95 bits per heavy atom. The molecule has 22 heavy (non-hydrogen) atoms. The van der Waals surface area contributed by atoms with Crippen LogP contribution in [0.15, 0.2) is 18.3 Å². The van der Waals surface area contributed by atoms with E-state index < -0.39 is 6.29 Å². The zero-order chi connectivity index (χ0) is 15.8. The number of methoxy groups -OCH3 is 2. The van der Waals surface area contributed by atoms with Gasteiger partial charge in [-0.25, -0.2) is 4.98 Å². The van der Waals surface area contributed by atoms with Gasteiger partial charge in [0, 0.05) is 33.5 Å². The topological polar surface area (TPSA) is 63.7 Å². The van der Waals surface area contributed by atoms with Crippen LogP contribution >= 0.6 is 0 Å². The van der Waals surface area contributed by atoms with Crippen molar-refractivity contribution >= 4 is 11.7 Å². The number of hydrogen-bond donors (Lipinski definition) is 1. The van der Waals surface area contributed by atoms with Crippen LogP contribution in [0.5, 0.6) is 0 Å². The van der Waals surface area contributed by atoms with Gasteiger partial charge in [0.25, 0.3) is 5.91 Å². The SMILES string of the molecule is COC(CNC(=O)c1cccnc1N1CCCCCC1)OC. The molecule has 0 bridgehead atoms. The van der Waals surface area contributed by atoms with Crippen molar-refractivity contribution in [3.8, 4) is 0 Å². The van der Waals surface area contributed by atoms with E-state index in [9.17, 15) is 4.79 Å². The zero-order valence-corrected chi connectivity index (χ0v) is 13.4. The number of carbonyl (C=O) groups is 1. The first-order valence-corrected chi connectivity index (χ1v) is 7.80. The Hall–Kier alpha value is -1.66. The molecule has 1 fully saturated rings. The van der Waals surface area contributed by atoms with Gasteiger partial charge in [0.1, 0.15) is 5.82 Å². The highest BCUT2D eigenvalue weighted by atomic mass is 16.7. The predicted molar refractivity (Wildman–Crippen MR) is 85.1 cm³/mol. The van der Waals surface area contributed by atoms with Gasteiger partial charge in [0.2, 0.25) is 0 Å². The molecule has 0 saturated carbocycles. The van der Waals surface area contributed by atoms with Crippen LogP contribution in [-0.4, -0.2) is 51.0 Å². The van der Waals surface area contributed by atoms with Crippen LogP contribution in [0.25, 0.3) is 0 Å². The van der Waals surface area contributed by atoms with Crippen LogP contribution in [0.3, 0.4) is 0 Å². The van der Waals surface area contributed by atoms with Crippen LogP contribution in [-0.2, 0) is 9.47 Å². The Morgan fingerprint density at radius 1 is 1.27 bits per heavy atom. The molecule has 0 unspecified atom stereocenters. The van der Waals surface area contributed by atoms with E-state index in [0.29, 0.717) is 12.1 Å². The summed E-state index contributed by atoms with van der Waals surface area (Å²) in [6.45, 7) is 2.21. The molecule has 1 aromatic heterocycles. The summed E-state index contributed by atoms with van der Waals surface area (Å²) in [5.74, 6) is 0.625. The summed E-state index contributed by atoms with van der Waals surface area (Å²) in [6, 6.07) is 3.61. The maximum absolute atomic E-state index is 12.4. The molecule has 122 valence electrons. The monoisotopic (exact) mass is 307 g/mol. The van der Waals surface area contributed by atoms with Crippen LogP contribution in [0, 0.1) is 0 Å². The van der Waals surface area contributed by atoms with Gasteiger partial charge >= 0.3 is 0 Å². The second kappa shape index (κ2) is 8.70. The maximum atomic E-state index is 12.4. The van der Waals surface area contributed by atoms with E-state index >= 15 is 0 Å². The van der Waals surface area contributed by atoms with E-state index in [0.717, 1.165) is 31.7 Å². The van der Waals surface area contributed by atoms with Gasteiger partial charge in [0.05, 0.1) is 12.1 Å².